The number of thiophene rings is 1. The number of carbonyl (C=O) groups excluding carboxylic acids is 1. The van der Waals surface area contributed by atoms with Crippen LogP contribution in [0.1, 0.15) is 52.4 Å². The molecule has 134 valence electrons. The van der Waals surface area contributed by atoms with E-state index in [9.17, 15) is 4.79 Å². The fourth-order valence-corrected chi connectivity index (χ4v) is 4.72. The molecule has 0 aliphatic heterocycles. The van der Waals surface area contributed by atoms with Crippen LogP contribution in [0.5, 0.6) is 0 Å². The first-order chi connectivity index (χ1) is 12.7. The van der Waals surface area contributed by atoms with Crippen molar-refractivity contribution < 1.29 is 4.79 Å². The third-order valence-corrected chi connectivity index (χ3v) is 6.34. The number of carbonyl (C=O) groups is 1. The van der Waals surface area contributed by atoms with Crippen LogP contribution in [0.25, 0.3) is 10.2 Å². The molecule has 4 rings (SSSR count). The molecule has 5 heteroatoms. The smallest absolute Gasteiger partial charge is 0.263 e. The summed E-state index contributed by atoms with van der Waals surface area (Å²) < 4.78 is 0. The van der Waals surface area contributed by atoms with Crippen molar-refractivity contribution >= 4 is 33.1 Å². The van der Waals surface area contributed by atoms with Gasteiger partial charge in [-0.3, -0.25) is 4.79 Å². The first kappa shape index (κ1) is 17.0. The zero-order valence-electron chi connectivity index (χ0n) is 14.7. The minimum atomic E-state index is -0.118. The van der Waals surface area contributed by atoms with E-state index in [1.54, 1.807) is 6.20 Å². The van der Waals surface area contributed by atoms with Gasteiger partial charge in [0.1, 0.15) is 9.71 Å². The first-order valence-electron chi connectivity index (χ1n) is 9.22. The zero-order valence-corrected chi connectivity index (χ0v) is 15.5. The summed E-state index contributed by atoms with van der Waals surface area (Å²) in [4.78, 5) is 18.1. The SMILES string of the molecule is Nc1c(C(=O)NCCc2ccc(C3CCCC3)cc2)sc2ncccc12. The molecule has 0 bridgehead atoms. The van der Waals surface area contributed by atoms with Gasteiger partial charge in [0.25, 0.3) is 5.91 Å². The number of amides is 1. The van der Waals surface area contributed by atoms with E-state index in [2.05, 4.69) is 34.6 Å². The highest BCUT2D eigenvalue weighted by molar-refractivity contribution is 7.21. The Labute approximate surface area is 157 Å². The van der Waals surface area contributed by atoms with Crippen molar-refractivity contribution in [3.05, 3.63) is 58.6 Å². The number of aromatic nitrogens is 1. The van der Waals surface area contributed by atoms with E-state index >= 15 is 0 Å². The molecule has 2 heterocycles. The molecule has 0 spiro atoms. The molecule has 0 saturated heterocycles. The third kappa shape index (κ3) is 3.44. The van der Waals surface area contributed by atoms with Gasteiger partial charge in [-0.25, -0.2) is 4.98 Å². The molecule has 1 saturated carbocycles. The summed E-state index contributed by atoms with van der Waals surface area (Å²) >= 11 is 1.35. The van der Waals surface area contributed by atoms with Crippen LogP contribution in [0.15, 0.2) is 42.6 Å². The van der Waals surface area contributed by atoms with Crippen LogP contribution in [0.2, 0.25) is 0 Å². The van der Waals surface area contributed by atoms with E-state index < -0.39 is 0 Å². The van der Waals surface area contributed by atoms with Crippen LogP contribution in [-0.2, 0) is 6.42 Å². The average molecular weight is 366 g/mol. The second-order valence-electron chi connectivity index (χ2n) is 6.93. The number of nitrogens with two attached hydrogens (primary N) is 1. The monoisotopic (exact) mass is 365 g/mol. The first-order valence-corrected chi connectivity index (χ1v) is 10.0. The highest BCUT2D eigenvalue weighted by Crippen LogP contribution is 2.34. The van der Waals surface area contributed by atoms with Crippen LogP contribution in [0, 0.1) is 0 Å². The Bertz CT molecular complexity index is 911. The number of benzene rings is 1. The van der Waals surface area contributed by atoms with Crippen LogP contribution >= 0.6 is 11.3 Å². The second kappa shape index (κ2) is 7.46. The van der Waals surface area contributed by atoms with Gasteiger partial charge >= 0.3 is 0 Å². The highest BCUT2D eigenvalue weighted by atomic mass is 32.1. The molecular formula is C21H23N3OS. The number of nitrogens with zero attached hydrogens (tertiary/aromatic N) is 1. The van der Waals surface area contributed by atoms with Crippen LogP contribution in [0.3, 0.4) is 0 Å². The number of pyridine rings is 1. The molecule has 4 nitrogen and oxygen atoms in total. The Morgan fingerprint density at radius 1 is 1.19 bits per heavy atom. The van der Waals surface area contributed by atoms with Crippen LogP contribution in [-0.4, -0.2) is 17.4 Å². The molecule has 2 aromatic heterocycles. The lowest BCUT2D eigenvalue weighted by atomic mass is 9.96. The molecule has 3 aromatic rings. The van der Waals surface area contributed by atoms with Gasteiger partial charge in [-0.15, -0.1) is 11.3 Å². The minimum absolute atomic E-state index is 0.118. The van der Waals surface area contributed by atoms with Gasteiger partial charge in [-0.2, -0.15) is 0 Å². The van der Waals surface area contributed by atoms with Gasteiger partial charge in [-0.05, 0) is 48.4 Å². The fourth-order valence-electron chi connectivity index (χ4n) is 3.74. The number of nitrogen functional groups attached to an aromatic ring is 1. The maximum atomic E-state index is 12.4. The largest absolute Gasteiger partial charge is 0.397 e. The summed E-state index contributed by atoms with van der Waals surface area (Å²) in [6.45, 7) is 0.600. The third-order valence-electron chi connectivity index (χ3n) is 5.22. The van der Waals surface area contributed by atoms with Crippen molar-refractivity contribution in [2.45, 2.75) is 38.0 Å². The maximum absolute atomic E-state index is 12.4. The number of anilines is 1. The lowest BCUT2D eigenvalue weighted by Crippen LogP contribution is -2.25. The van der Waals surface area contributed by atoms with E-state index in [0.29, 0.717) is 17.1 Å². The van der Waals surface area contributed by atoms with Crippen molar-refractivity contribution in [3.8, 4) is 0 Å². The van der Waals surface area contributed by atoms with Gasteiger partial charge < -0.3 is 11.1 Å². The van der Waals surface area contributed by atoms with Crippen molar-refractivity contribution in [2.75, 3.05) is 12.3 Å². The summed E-state index contributed by atoms with van der Waals surface area (Å²) in [5.41, 5.74) is 9.34. The Morgan fingerprint density at radius 3 is 2.69 bits per heavy atom. The topological polar surface area (TPSA) is 68.0 Å². The van der Waals surface area contributed by atoms with Crippen molar-refractivity contribution in [1.29, 1.82) is 0 Å². The lowest BCUT2D eigenvalue weighted by molar-refractivity contribution is 0.0959. The summed E-state index contributed by atoms with van der Waals surface area (Å²) in [6.07, 6.45) is 7.89. The quantitative estimate of drug-likeness (QED) is 0.699. The van der Waals surface area contributed by atoms with Gasteiger partial charge in [0, 0.05) is 18.1 Å². The van der Waals surface area contributed by atoms with E-state index in [1.165, 1.54) is 48.1 Å². The summed E-state index contributed by atoms with van der Waals surface area (Å²) in [5, 5.41) is 3.83. The number of hydrogen-bond donors (Lipinski definition) is 2. The maximum Gasteiger partial charge on any atom is 0.263 e. The summed E-state index contributed by atoms with van der Waals surface area (Å²) in [5.74, 6) is 0.626. The molecule has 26 heavy (non-hydrogen) atoms. The molecule has 0 radical (unpaired) electrons. The molecular weight excluding hydrogens is 342 g/mol. The lowest BCUT2D eigenvalue weighted by Gasteiger charge is -2.10. The molecule has 1 aromatic carbocycles. The zero-order chi connectivity index (χ0) is 17.9. The standard InChI is InChI=1S/C21H23N3OS/c22-18-17-6-3-12-24-21(17)26-19(18)20(25)23-13-11-14-7-9-16(10-8-14)15-4-1-2-5-15/h3,6-10,12,15H,1-2,4-5,11,13,22H2,(H,23,25). The number of nitrogens with one attached hydrogen (secondary N) is 1. The number of fused-ring (bicyclic) bond motifs is 1. The number of rotatable bonds is 5. The molecule has 1 fully saturated rings. The molecule has 1 aliphatic rings. The predicted octanol–water partition coefficient (Wildman–Crippen LogP) is 4.51. The molecule has 1 amide bonds. The van der Waals surface area contributed by atoms with Crippen LogP contribution < -0.4 is 11.1 Å². The molecule has 0 unspecified atom stereocenters. The second-order valence-corrected chi connectivity index (χ2v) is 7.93. The van der Waals surface area contributed by atoms with Gasteiger partial charge in [0.2, 0.25) is 0 Å². The Hall–Kier alpha value is -2.40. The Kier molecular flexibility index (Phi) is 4.89. The van der Waals surface area contributed by atoms with Crippen LogP contribution in [0.4, 0.5) is 5.69 Å². The van der Waals surface area contributed by atoms with E-state index in [1.807, 2.05) is 12.1 Å². The average Bonchev–Trinajstić information content (AvgIpc) is 3.31. The van der Waals surface area contributed by atoms with E-state index in [0.717, 1.165) is 22.6 Å². The normalized spacial score (nSPS) is 14.8. The molecule has 3 N–H and O–H groups in total. The summed E-state index contributed by atoms with van der Waals surface area (Å²) in [6, 6.07) is 12.6. The van der Waals surface area contributed by atoms with Crippen molar-refractivity contribution in [2.24, 2.45) is 0 Å². The van der Waals surface area contributed by atoms with Gasteiger partial charge in [0.15, 0.2) is 0 Å². The Balaban J connectivity index is 1.35. The van der Waals surface area contributed by atoms with Gasteiger partial charge in [0.05, 0.1) is 5.69 Å². The van der Waals surface area contributed by atoms with E-state index in [-0.39, 0.29) is 5.91 Å². The summed E-state index contributed by atoms with van der Waals surface area (Å²) in [7, 11) is 0. The number of hydrogen-bond acceptors (Lipinski definition) is 4. The predicted molar refractivity (Wildman–Crippen MR) is 108 cm³/mol. The minimum Gasteiger partial charge on any atom is -0.397 e. The molecule has 1 aliphatic carbocycles. The Morgan fingerprint density at radius 2 is 1.96 bits per heavy atom. The fraction of sp³-hybridized carbons (Fsp3) is 0.333. The van der Waals surface area contributed by atoms with Crippen molar-refractivity contribution in [1.82, 2.24) is 10.3 Å². The highest BCUT2D eigenvalue weighted by Gasteiger charge is 2.17. The van der Waals surface area contributed by atoms with E-state index in [4.69, 9.17) is 5.73 Å². The van der Waals surface area contributed by atoms with Gasteiger partial charge in [-0.1, -0.05) is 37.1 Å². The van der Waals surface area contributed by atoms with Crippen molar-refractivity contribution in [3.63, 3.8) is 0 Å². The molecule has 0 atom stereocenters.